The Morgan fingerprint density at radius 3 is 2.48 bits per heavy atom. The number of nitrogens with two attached hydrogens (primary N) is 1. The van der Waals surface area contributed by atoms with Crippen molar-refractivity contribution in [1.29, 1.82) is 0 Å². The van der Waals surface area contributed by atoms with Crippen LogP contribution in [0.4, 0.5) is 4.39 Å². The van der Waals surface area contributed by atoms with Gasteiger partial charge in [0, 0.05) is 23.1 Å². The summed E-state index contributed by atoms with van der Waals surface area (Å²) in [5, 5.41) is 2.87. The second-order valence-corrected chi connectivity index (χ2v) is 6.28. The molecule has 2 nitrogen and oxygen atoms in total. The monoisotopic (exact) mass is 362 g/mol. The molecule has 5 heteroatoms. The highest BCUT2D eigenvalue weighted by molar-refractivity contribution is 9.10. The molecule has 1 aromatic heterocycles. The summed E-state index contributed by atoms with van der Waals surface area (Å²) in [5.41, 5.74) is 9.56. The van der Waals surface area contributed by atoms with E-state index < -0.39 is 0 Å². The first kappa shape index (κ1) is 14.4. The third-order valence-electron chi connectivity index (χ3n) is 3.16. The first-order chi connectivity index (χ1) is 10.2. The molecule has 21 heavy (non-hydrogen) atoms. The topological polar surface area (TPSA) is 38.9 Å². The molecule has 0 spiro atoms. The second kappa shape index (κ2) is 6.05. The van der Waals surface area contributed by atoms with Crippen LogP contribution in [0.1, 0.15) is 5.56 Å². The van der Waals surface area contributed by atoms with Crippen LogP contribution in [0.2, 0.25) is 0 Å². The maximum absolute atomic E-state index is 13.3. The summed E-state index contributed by atoms with van der Waals surface area (Å²) in [6.45, 7) is 0.534. The highest BCUT2D eigenvalue weighted by atomic mass is 79.9. The number of benzene rings is 2. The van der Waals surface area contributed by atoms with Gasteiger partial charge in [0.25, 0.3) is 0 Å². The lowest BCUT2D eigenvalue weighted by atomic mass is 10.1. The zero-order valence-electron chi connectivity index (χ0n) is 11.0. The largest absolute Gasteiger partial charge is 0.326 e. The van der Waals surface area contributed by atoms with Crippen molar-refractivity contribution in [2.24, 2.45) is 5.73 Å². The lowest BCUT2D eigenvalue weighted by Crippen LogP contribution is -1.95. The van der Waals surface area contributed by atoms with Crippen molar-refractivity contribution in [2.45, 2.75) is 6.54 Å². The number of nitrogens with zero attached hydrogens (tertiary/aromatic N) is 1. The van der Waals surface area contributed by atoms with E-state index in [0.29, 0.717) is 11.0 Å². The van der Waals surface area contributed by atoms with Crippen LogP contribution in [0.15, 0.2) is 52.3 Å². The summed E-state index contributed by atoms with van der Waals surface area (Å²) in [7, 11) is 0. The molecule has 0 bridgehead atoms. The lowest BCUT2D eigenvalue weighted by molar-refractivity contribution is 0.621. The zero-order chi connectivity index (χ0) is 14.8. The summed E-state index contributed by atoms with van der Waals surface area (Å²) in [4.78, 5) is 4.62. The van der Waals surface area contributed by atoms with Crippen LogP contribution in [0.25, 0.3) is 21.8 Å². The minimum Gasteiger partial charge on any atom is -0.326 e. The van der Waals surface area contributed by atoms with Crippen LogP contribution in [-0.2, 0) is 6.54 Å². The number of hydrogen-bond donors (Lipinski definition) is 1. The SMILES string of the molecule is NCc1ccc(-c2csc(-c3ccc(F)c(Br)c3)n2)cc1. The van der Waals surface area contributed by atoms with E-state index in [1.165, 1.54) is 6.07 Å². The molecule has 0 unspecified atom stereocenters. The molecule has 0 saturated heterocycles. The molecule has 0 saturated carbocycles. The molecule has 0 aliphatic heterocycles. The Labute approximate surface area is 134 Å². The summed E-state index contributed by atoms with van der Waals surface area (Å²) in [6, 6.07) is 13.0. The van der Waals surface area contributed by atoms with Gasteiger partial charge in [0.05, 0.1) is 10.2 Å². The molecule has 1 heterocycles. The molecule has 3 aromatic rings. The smallest absolute Gasteiger partial charge is 0.137 e. The van der Waals surface area contributed by atoms with Crippen molar-refractivity contribution < 1.29 is 4.39 Å². The molecule has 0 fully saturated rings. The third kappa shape index (κ3) is 3.05. The highest BCUT2D eigenvalue weighted by Gasteiger charge is 2.08. The van der Waals surface area contributed by atoms with Gasteiger partial charge in [0.2, 0.25) is 0 Å². The van der Waals surface area contributed by atoms with E-state index in [-0.39, 0.29) is 5.82 Å². The molecule has 0 atom stereocenters. The van der Waals surface area contributed by atoms with Crippen LogP contribution in [-0.4, -0.2) is 4.98 Å². The molecular formula is C16H12BrFN2S. The molecule has 0 aliphatic rings. The Hall–Kier alpha value is -1.56. The molecule has 0 aliphatic carbocycles. The average Bonchev–Trinajstić information content (AvgIpc) is 3.00. The third-order valence-corrected chi connectivity index (χ3v) is 4.66. The van der Waals surface area contributed by atoms with E-state index in [9.17, 15) is 4.39 Å². The van der Waals surface area contributed by atoms with Gasteiger partial charge in [-0.2, -0.15) is 0 Å². The highest BCUT2D eigenvalue weighted by Crippen LogP contribution is 2.31. The Morgan fingerprint density at radius 2 is 1.81 bits per heavy atom. The van der Waals surface area contributed by atoms with Crippen LogP contribution < -0.4 is 5.73 Å². The fraction of sp³-hybridized carbons (Fsp3) is 0.0625. The minimum absolute atomic E-state index is 0.270. The second-order valence-electron chi connectivity index (χ2n) is 4.57. The zero-order valence-corrected chi connectivity index (χ0v) is 13.4. The van der Waals surface area contributed by atoms with Gasteiger partial charge in [0.15, 0.2) is 0 Å². The summed E-state index contributed by atoms with van der Waals surface area (Å²) in [5.74, 6) is -0.270. The molecular weight excluding hydrogens is 351 g/mol. The molecule has 3 rings (SSSR count). The Balaban J connectivity index is 1.93. The van der Waals surface area contributed by atoms with E-state index in [0.717, 1.165) is 27.4 Å². The van der Waals surface area contributed by atoms with Crippen LogP contribution in [0.5, 0.6) is 0 Å². The number of thiazole rings is 1. The predicted molar refractivity (Wildman–Crippen MR) is 88.5 cm³/mol. The molecule has 0 amide bonds. The van der Waals surface area contributed by atoms with Gasteiger partial charge in [-0.1, -0.05) is 24.3 Å². The molecule has 106 valence electrons. The molecule has 2 aromatic carbocycles. The van der Waals surface area contributed by atoms with E-state index >= 15 is 0 Å². The maximum atomic E-state index is 13.3. The Bertz CT molecular complexity index is 768. The van der Waals surface area contributed by atoms with Gasteiger partial charge in [-0.25, -0.2) is 9.37 Å². The van der Waals surface area contributed by atoms with Gasteiger partial charge in [-0.15, -0.1) is 11.3 Å². The molecule has 2 N–H and O–H groups in total. The van der Waals surface area contributed by atoms with Crippen molar-refractivity contribution in [1.82, 2.24) is 4.98 Å². The minimum atomic E-state index is -0.270. The number of rotatable bonds is 3. The van der Waals surface area contributed by atoms with Gasteiger partial charge in [0.1, 0.15) is 10.8 Å². The van der Waals surface area contributed by atoms with Gasteiger partial charge < -0.3 is 5.73 Å². The normalized spacial score (nSPS) is 10.8. The van der Waals surface area contributed by atoms with Crippen LogP contribution >= 0.6 is 27.3 Å². The maximum Gasteiger partial charge on any atom is 0.137 e. The Morgan fingerprint density at radius 1 is 1.10 bits per heavy atom. The summed E-state index contributed by atoms with van der Waals surface area (Å²) < 4.78 is 13.7. The molecule has 0 radical (unpaired) electrons. The fourth-order valence-electron chi connectivity index (χ4n) is 1.98. The lowest BCUT2D eigenvalue weighted by Gasteiger charge is -2.00. The Kier molecular flexibility index (Phi) is 4.14. The standard InChI is InChI=1S/C16H12BrFN2S/c17-13-7-12(5-6-14(13)18)16-20-15(9-21-16)11-3-1-10(8-19)2-4-11/h1-7,9H,8,19H2. The van der Waals surface area contributed by atoms with Crippen molar-refractivity contribution in [3.05, 3.63) is 63.7 Å². The van der Waals surface area contributed by atoms with Crippen LogP contribution in [0, 0.1) is 5.82 Å². The van der Waals surface area contributed by atoms with Crippen molar-refractivity contribution >= 4 is 27.3 Å². The van der Waals surface area contributed by atoms with Gasteiger partial charge >= 0.3 is 0 Å². The number of aromatic nitrogens is 1. The number of halogens is 2. The summed E-state index contributed by atoms with van der Waals surface area (Å²) in [6.07, 6.45) is 0. The van der Waals surface area contributed by atoms with E-state index in [4.69, 9.17) is 5.73 Å². The first-order valence-electron chi connectivity index (χ1n) is 6.37. The van der Waals surface area contributed by atoms with Crippen molar-refractivity contribution in [3.8, 4) is 21.8 Å². The van der Waals surface area contributed by atoms with E-state index in [2.05, 4.69) is 20.9 Å². The average molecular weight is 363 g/mol. The van der Waals surface area contributed by atoms with Gasteiger partial charge in [-0.3, -0.25) is 0 Å². The number of hydrogen-bond acceptors (Lipinski definition) is 3. The first-order valence-corrected chi connectivity index (χ1v) is 8.05. The van der Waals surface area contributed by atoms with E-state index in [1.807, 2.05) is 29.6 Å². The summed E-state index contributed by atoms with van der Waals surface area (Å²) >= 11 is 4.74. The predicted octanol–water partition coefficient (Wildman–Crippen LogP) is 4.84. The fourth-order valence-corrected chi connectivity index (χ4v) is 3.18. The van der Waals surface area contributed by atoms with Gasteiger partial charge in [-0.05, 0) is 39.7 Å². The van der Waals surface area contributed by atoms with E-state index in [1.54, 1.807) is 23.5 Å². The quantitative estimate of drug-likeness (QED) is 0.723. The van der Waals surface area contributed by atoms with Crippen LogP contribution in [0.3, 0.4) is 0 Å². The van der Waals surface area contributed by atoms with Crippen molar-refractivity contribution in [3.63, 3.8) is 0 Å². The van der Waals surface area contributed by atoms with Crippen molar-refractivity contribution in [2.75, 3.05) is 0 Å².